The summed E-state index contributed by atoms with van der Waals surface area (Å²) >= 11 is 0. The summed E-state index contributed by atoms with van der Waals surface area (Å²) < 4.78 is 0. The Balaban J connectivity index is 0. The van der Waals surface area contributed by atoms with Crippen LogP contribution in [0.2, 0.25) is 0 Å². The van der Waals surface area contributed by atoms with Gasteiger partial charge in [-0.25, -0.2) is 0 Å². The van der Waals surface area contributed by atoms with Crippen LogP contribution in [0.4, 0.5) is 0 Å². The second kappa shape index (κ2) is 10.3. The SMILES string of the molecule is C=O.[Ni].c1ccncc1. The van der Waals surface area contributed by atoms with Crippen molar-refractivity contribution in [1.29, 1.82) is 0 Å². The molecule has 3 heteroatoms. The molecule has 0 bridgehead atoms. The van der Waals surface area contributed by atoms with E-state index in [1.807, 2.05) is 25.0 Å². The van der Waals surface area contributed by atoms with Crippen LogP contribution in [-0.4, -0.2) is 11.8 Å². The first kappa shape index (κ1) is 11.2. The van der Waals surface area contributed by atoms with Crippen LogP contribution in [-0.2, 0) is 21.3 Å². The van der Waals surface area contributed by atoms with E-state index in [0.717, 1.165) is 0 Å². The fourth-order valence-electron chi connectivity index (χ4n) is 0.313. The van der Waals surface area contributed by atoms with E-state index in [1.165, 1.54) is 0 Å². The zero-order valence-corrected chi connectivity index (χ0v) is 5.75. The number of nitrogens with zero attached hydrogens (tertiary/aromatic N) is 1. The van der Waals surface area contributed by atoms with E-state index in [0.29, 0.717) is 0 Å². The maximum absolute atomic E-state index is 8.00. The first-order chi connectivity index (χ1) is 4.00. The molecule has 0 saturated heterocycles. The van der Waals surface area contributed by atoms with Gasteiger partial charge < -0.3 is 4.79 Å². The minimum atomic E-state index is 0. The van der Waals surface area contributed by atoms with Crippen LogP contribution in [0.25, 0.3) is 0 Å². The number of pyridine rings is 1. The normalized spacial score (nSPS) is 5.78. The molecular weight excluding hydrogens is 161 g/mol. The fraction of sp³-hybridized carbons (Fsp3) is 0. The minimum Gasteiger partial charge on any atom is -0.307 e. The van der Waals surface area contributed by atoms with E-state index in [1.54, 1.807) is 12.4 Å². The molecule has 0 N–H and O–H groups in total. The van der Waals surface area contributed by atoms with Gasteiger partial charge in [0.05, 0.1) is 0 Å². The van der Waals surface area contributed by atoms with E-state index in [-0.39, 0.29) is 16.5 Å². The monoisotopic (exact) mass is 167 g/mol. The van der Waals surface area contributed by atoms with Gasteiger partial charge in [-0.1, -0.05) is 6.07 Å². The molecule has 0 radical (unpaired) electrons. The second-order valence-electron chi connectivity index (χ2n) is 1.02. The predicted octanol–water partition coefficient (Wildman–Crippen LogP) is 0.894. The Morgan fingerprint density at radius 3 is 1.56 bits per heavy atom. The van der Waals surface area contributed by atoms with E-state index in [4.69, 9.17) is 4.79 Å². The second-order valence-corrected chi connectivity index (χ2v) is 1.02. The van der Waals surface area contributed by atoms with Crippen LogP contribution in [0.15, 0.2) is 30.6 Å². The molecule has 1 aromatic rings. The summed E-state index contributed by atoms with van der Waals surface area (Å²) in [5, 5.41) is 0. The molecule has 0 unspecified atom stereocenters. The number of carbonyl (C=O) groups excluding carboxylic acids is 1. The smallest absolute Gasteiger partial charge is 0.106 e. The van der Waals surface area contributed by atoms with Gasteiger partial charge >= 0.3 is 0 Å². The van der Waals surface area contributed by atoms with Crippen molar-refractivity contribution in [2.45, 2.75) is 0 Å². The first-order valence-electron chi connectivity index (χ1n) is 2.14. The Morgan fingerprint density at radius 2 is 1.44 bits per heavy atom. The summed E-state index contributed by atoms with van der Waals surface area (Å²) in [6.07, 6.45) is 3.50. The van der Waals surface area contributed by atoms with Gasteiger partial charge in [-0.05, 0) is 12.1 Å². The summed E-state index contributed by atoms with van der Waals surface area (Å²) in [6, 6.07) is 5.72. The number of hydrogen-bond donors (Lipinski definition) is 0. The number of rotatable bonds is 0. The Kier molecular flexibility index (Phi) is 12.8. The molecule has 0 aliphatic rings. The van der Waals surface area contributed by atoms with Crippen molar-refractivity contribution in [2.75, 3.05) is 0 Å². The fourth-order valence-corrected chi connectivity index (χ4v) is 0.313. The molecule has 1 aromatic heterocycles. The Bertz CT molecular complexity index is 95.9. The Morgan fingerprint density at radius 1 is 1.00 bits per heavy atom. The van der Waals surface area contributed by atoms with Crippen molar-refractivity contribution in [3.8, 4) is 0 Å². The largest absolute Gasteiger partial charge is 0.307 e. The molecule has 0 amide bonds. The van der Waals surface area contributed by atoms with Gasteiger partial charge in [0.25, 0.3) is 0 Å². The molecule has 2 nitrogen and oxygen atoms in total. The summed E-state index contributed by atoms with van der Waals surface area (Å²) in [6.45, 7) is 2.00. The maximum atomic E-state index is 8.00. The summed E-state index contributed by atoms with van der Waals surface area (Å²) in [5.41, 5.74) is 0. The van der Waals surface area contributed by atoms with Crippen molar-refractivity contribution < 1.29 is 21.3 Å². The van der Waals surface area contributed by atoms with Gasteiger partial charge in [-0.15, -0.1) is 0 Å². The summed E-state index contributed by atoms with van der Waals surface area (Å²) in [5.74, 6) is 0. The van der Waals surface area contributed by atoms with Crippen LogP contribution in [0, 0.1) is 0 Å². The summed E-state index contributed by atoms with van der Waals surface area (Å²) in [4.78, 5) is 11.8. The van der Waals surface area contributed by atoms with Crippen molar-refractivity contribution >= 4 is 6.79 Å². The van der Waals surface area contributed by atoms with Crippen LogP contribution >= 0.6 is 0 Å². The molecule has 0 aliphatic carbocycles. The third kappa shape index (κ3) is 7.31. The molecule has 0 saturated carbocycles. The molecule has 0 aromatic carbocycles. The number of hydrogen-bond acceptors (Lipinski definition) is 2. The van der Waals surface area contributed by atoms with Crippen LogP contribution in [0.5, 0.6) is 0 Å². The molecule has 9 heavy (non-hydrogen) atoms. The van der Waals surface area contributed by atoms with Gasteiger partial charge in [-0.2, -0.15) is 0 Å². The topological polar surface area (TPSA) is 30.0 Å². The molecule has 0 fully saturated rings. The molecule has 0 spiro atoms. The average Bonchev–Trinajstić information content (AvgIpc) is 1.96. The Hall–Kier alpha value is -0.686. The minimum absolute atomic E-state index is 0. The molecule has 1 rings (SSSR count). The van der Waals surface area contributed by atoms with Crippen molar-refractivity contribution in [3.05, 3.63) is 30.6 Å². The van der Waals surface area contributed by atoms with Crippen molar-refractivity contribution in [2.24, 2.45) is 0 Å². The molecule has 1 heterocycles. The van der Waals surface area contributed by atoms with Crippen LogP contribution < -0.4 is 0 Å². The quantitative estimate of drug-likeness (QED) is 0.538. The van der Waals surface area contributed by atoms with Gasteiger partial charge in [0.1, 0.15) is 6.79 Å². The molecule has 0 atom stereocenters. The van der Waals surface area contributed by atoms with E-state index in [2.05, 4.69) is 4.98 Å². The third-order valence-electron chi connectivity index (χ3n) is 0.566. The first-order valence-corrected chi connectivity index (χ1v) is 2.14. The van der Waals surface area contributed by atoms with Crippen molar-refractivity contribution in [3.63, 3.8) is 0 Å². The zero-order valence-electron chi connectivity index (χ0n) is 4.77. The molecule has 52 valence electrons. The van der Waals surface area contributed by atoms with Crippen LogP contribution in [0.1, 0.15) is 0 Å². The van der Waals surface area contributed by atoms with Gasteiger partial charge in [0.15, 0.2) is 0 Å². The average molecular weight is 168 g/mol. The van der Waals surface area contributed by atoms with E-state index >= 15 is 0 Å². The Labute approximate surface area is 64.2 Å². The van der Waals surface area contributed by atoms with Crippen molar-refractivity contribution in [1.82, 2.24) is 4.98 Å². The molecule has 0 aliphatic heterocycles. The molecular formula is C6H7NNiO. The van der Waals surface area contributed by atoms with Gasteiger partial charge in [0, 0.05) is 28.9 Å². The van der Waals surface area contributed by atoms with Gasteiger partial charge in [0.2, 0.25) is 0 Å². The predicted molar refractivity (Wildman–Crippen MR) is 31.4 cm³/mol. The number of aromatic nitrogens is 1. The third-order valence-corrected chi connectivity index (χ3v) is 0.566. The van der Waals surface area contributed by atoms with Crippen LogP contribution in [0.3, 0.4) is 0 Å². The maximum Gasteiger partial charge on any atom is 0.106 e. The van der Waals surface area contributed by atoms with E-state index in [9.17, 15) is 0 Å². The summed E-state index contributed by atoms with van der Waals surface area (Å²) in [7, 11) is 0. The number of carbonyl (C=O) groups is 1. The zero-order chi connectivity index (χ0) is 6.24. The standard InChI is InChI=1S/C5H5N.CH2O.Ni/c1-2-4-6-5-3-1;1-2;/h1-5H;1H2;. The van der Waals surface area contributed by atoms with Gasteiger partial charge in [-0.3, -0.25) is 4.98 Å². The van der Waals surface area contributed by atoms with E-state index < -0.39 is 0 Å².